The minimum absolute atomic E-state index is 0.228. The van der Waals surface area contributed by atoms with Gasteiger partial charge in [0, 0.05) is 25.2 Å². The second-order valence-electron chi connectivity index (χ2n) is 9.42. The number of benzene rings is 1. The number of ether oxygens (including phenoxy) is 2. The molecule has 2 aliphatic heterocycles. The summed E-state index contributed by atoms with van der Waals surface area (Å²) in [6, 6.07) is 10.5. The van der Waals surface area contributed by atoms with Crippen molar-refractivity contribution in [3.63, 3.8) is 0 Å². The second-order valence-corrected chi connectivity index (χ2v) is 10.4. The van der Waals surface area contributed by atoms with Crippen LogP contribution in [0.25, 0.3) is 6.08 Å². The Balaban J connectivity index is 1.57. The number of aromatic nitrogens is 1. The first kappa shape index (κ1) is 25.1. The van der Waals surface area contributed by atoms with Crippen molar-refractivity contribution >= 4 is 29.3 Å². The molecule has 0 radical (unpaired) electrons. The fraction of sp³-hybridized carbons (Fsp3) is 0.393. The van der Waals surface area contributed by atoms with E-state index in [1.54, 1.807) is 31.6 Å². The monoisotopic (exact) mass is 521 g/mol. The average molecular weight is 522 g/mol. The molecule has 2 aromatic heterocycles. The third-order valence-corrected chi connectivity index (χ3v) is 7.91. The lowest BCUT2D eigenvalue weighted by Gasteiger charge is -2.29. The summed E-state index contributed by atoms with van der Waals surface area (Å²) in [6.45, 7) is 7.97. The van der Waals surface area contributed by atoms with Gasteiger partial charge in [0.1, 0.15) is 11.5 Å². The summed E-state index contributed by atoms with van der Waals surface area (Å²) in [5, 5.41) is 0. The highest BCUT2D eigenvalue weighted by molar-refractivity contribution is 7.07. The van der Waals surface area contributed by atoms with Crippen molar-refractivity contribution in [2.24, 2.45) is 10.9 Å². The van der Waals surface area contributed by atoms with Gasteiger partial charge in [0.15, 0.2) is 10.7 Å². The third kappa shape index (κ3) is 4.87. The number of carbonyl (C=O) groups is 1. The van der Waals surface area contributed by atoms with Crippen LogP contribution < -0.4 is 24.5 Å². The lowest BCUT2D eigenvalue weighted by molar-refractivity contribution is -0.139. The first-order chi connectivity index (χ1) is 17.9. The van der Waals surface area contributed by atoms with Gasteiger partial charge in [0.2, 0.25) is 0 Å². The summed E-state index contributed by atoms with van der Waals surface area (Å²) < 4.78 is 18.8. The third-order valence-electron chi connectivity index (χ3n) is 6.93. The molecule has 0 bridgehead atoms. The molecule has 0 unspecified atom stereocenters. The van der Waals surface area contributed by atoms with Crippen LogP contribution in [0.15, 0.2) is 61.9 Å². The number of thiazole rings is 1. The van der Waals surface area contributed by atoms with Crippen LogP contribution in [0.2, 0.25) is 0 Å². The van der Waals surface area contributed by atoms with Crippen molar-refractivity contribution in [3.05, 3.63) is 78.7 Å². The predicted octanol–water partition coefficient (Wildman–Crippen LogP) is 3.64. The molecule has 0 N–H and O–H groups in total. The Morgan fingerprint density at radius 3 is 2.59 bits per heavy atom. The number of anilines is 1. The standard InChI is InChI=1S/C28H31N3O5S/c1-5-35-27(33)24-18(3)29-28-31(25(24)19-6-8-20(34-4)9-7-19)26(32)22(37-28)16-21-10-11-23(36-21)30-14-12-17(2)13-15-30/h6-11,16-17,25H,5,12-15H2,1-4H3/b22-16+/t25-/m1/s1. The van der Waals surface area contributed by atoms with Gasteiger partial charge in [-0.3, -0.25) is 9.36 Å². The number of fused-ring (bicyclic) bond motifs is 1. The van der Waals surface area contributed by atoms with Crippen LogP contribution >= 0.6 is 11.3 Å². The molecule has 1 aromatic carbocycles. The Bertz CT molecular complexity index is 1500. The van der Waals surface area contributed by atoms with Crippen molar-refractivity contribution in [2.75, 3.05) is 31.7 Å². The molecule has 37 heavy (non-hydrogen) atoms. The molecule has 1 fully saturated rings. The summed E-state index contributed by atoms with van der Waals surface area (Å²) in [5.74, 6) is 2.37. The molecule has 5 rings (SSSR count). The first-order valence-electron chi connectivity index (χ1n) is 12.6. The molecule has 1 atom stereocenters. The van der Waals surface area contributed by atoms with Gasteiger partial charge < -0.3 is 18.8 Å². The molecule has 2 aliphatic rings. The van der Waals surface area contributed by atoms with Crippen LogP contribution in [-0.4, -0.2) is 37.3 Å². The molecule has 9 heteroatoms. The molecule has 3 aromatic rings. The molecule has 194 valence electrons. The maximum atomic E-state index is 13.7. The Morgan fingerprint density at radius 2 is 1.92 bits per heavy atom. The van der Waals surface area contributed by atoms with Crippen molar-refractivity contribution in [1.82, 2.24) is 4.57 Å². The van der Waals surface area contributed by atoms with Gasteiger partial charge in [-0.15, -0.1) is 0 Å². The highest BCUT2D eigenvalue weighted by Crippen LogP contribution is 2.31. The zero-order chi connectivity index (χ0) is 26.1. The molecule has 4 heterocycles. The van der Waals surface area contributed by atoms with E-state index in [1.807, 2.05) is 36.4 Å². The largest absolute Gasteiger partial charge is 0.497 e. The number of hydrogen-bond donors (Lipinski definition) is 0. The summed E-state index contributed by atoms with van der Waals surface area (Å²) in [7, 11) is 1.60. The number of furan rings is 1. The number of methoxy groups -OCH3 is 1. The molecular formula is C28H31N3O5S. The van der Waals surface area contributed by atoms with Gasteiger partial charge >= 0.3 is 5.97 Å². The number of piperidine rings is 1. The highest BCUT2D eigenvalue weighted by Gasteiger charge is 2.33. The van der Waals surface area contributed by atoms with Crippen molar-refractivity contribution in [1.29, 1.82) is 0 Å². The van der Waals surface area contributed by atoms with Gasteiger partial charge in [-0.05, 0) is 56.4 Å². The normalized spacial score (nSPS) is 18.5. The minimum Gasteiger partial charge on any atom is -0.497 e. The van der Waals surface area contributed by atoms with Gasteiger partial charge in [-0.2, -0.15) is 0 Å². The van der Waals surface area contributed by atoms with Crippen LogP contribution in [0.5, 0.6) is 5.75 Å². The zero-order valence-electron chi connectivity index (χ0n) is 21.5. The predicted molar refractivity (Wildman–Crippen MR) is 143 cm³/mol. The molecule has 1 saturated heterocycles. The molecule has 0 saturated carbocycles. The van der Waals surface area contributed by atoms with E-state index in [1.165, 1.54) is 11.3 Å². The van der Waals surface area contributed by atoms with Crippen LogP contribution in [0.3, 0.4) is 0 Å². The topological polar surface area (TPSA) is 86.3 Å². The first-order valence-corrected chi connectivity index (χ1v) is 13.4. The van der Waals surface area contributed by atoms with E-state index in [0.717, 1.165) is 43.3 Å². The fourth-order valence-electron chi connectivity index (χ4n) is 4.84. The van der Waals surface area contributed by atoms with Gasteiger partial charge in [0.25, 0.3) is 5.56 Å². The van der Waals surface area contributed by atoms with Gasteiger partial charge in [-0.25, -0.2) is 9.79 Å². The van der Waals surface area contributed by atoms with Crippen LogP contribution in [0.4, 0.5) is 5.88 Å². The van der Waals surface area contributed by atoms with E-state index in [4.69, 9.17) is 13.9 Å². The van der Waals surface area contributed by atoms with E-state index in [0.29, 0.717) is 32.1 Å². The Morgan fingerprint density at radius 1 is 1.19 bits per heavy atom. The molecular weight excluding hydrogens is 490 g/mol. The van der Waals surface area contributed by atoms with Crippen molar-refractivity contribution < 1.29 is 18.7 Å². The number of hydrogen-bond acceptors (Lipinski definition) is 8. The van der Waals surface area contributed by atoms with Crippen molar-refractivity contribution in [3.8, 4) is 5.75 Å². The summed E-state index contributed by atoms with van der Waals surface area (Å²) in [6.07, 6.45) is 4.04. The van der Waals surface area contributed by atoms with Crippen LogP contribution in [0, 0.1) is 5.92 Å². The lowest BCUT2D eigenvalue weighted by atomic mass is 9.96. The highest BCUT2D eigenvalue weighted by atomic mass is 32.1. The van der Waals surface area contributed by atoms with E-state index >= 15 is 0 Å². The number of allylic oxidation sites excluding steroid dienone is 1. The van der Waals surface area contributed by atoms with Gasteiger partial charge in [0.05, 0.1) is 35.6 Å². The Labute approximate surface area is 219 Å². The van der Waals surface area contributed by atoms with Gasteiger partial charge in [-0.1, -0.05) is 30.4 Å². The number of rotatable bonds is 6. The zero-order valence-corrected chi connectivity index (χ0v) is 22.3. The van der Waals surface area contributed by atoms with E-state index in [9.17, 15) is 9.59 Å². The minimum atomic E-state index is -0.661. The fourth-order valence-corrected chi connectivity index (χ4v) is 5.87. The number of carbonyl (C=O) groups excluding carboxylic acids is 1. The Kier molecular flexibility index (Phi) is 7.06. The van der Waals surface area contributed by atoms with E-state index in [2.05, 4.69) is 16.8 Å². The molecule has 0 aliphatic carbocycles. The maximum Gasteiger partial charge on any atom is 0.338 e. The molecule has 8 nitrogen and oxygen atoms in total. The summed E-state index contributed by atoms with van der Waals surface area (Å²) in [4.78, 5) is 34.1. The smallest absolute Gasteiger partial charge is 0.338 e. The van der Waals surface area contributed by atoms with Crippen LogP contribution in [0.1, 0.15) is 51.0 Å². The lowest BCUT2D eigenvalue weighted by Crippen LogP contribution is -2.39. The molecule has 0 spiro atoms. The number of nitrogens with zero attached hydrogens (tertiary/aromatic N) is 3. The Hall–Kier alpha value is -3.59. The summed E-state index contributed by atoms with van der Waals surface area (Å²) in [5.41, 5.74) is 1.42. The van der Waals surface area contributed by atoms with E-state index in [-0.39, 0.29) is 12.2 Å². The number of esters is 1. The summed E-state index contributed by atoms with van der Waals surface area (Å²) >= 11 is 1.28. The van der Waals surface area contributed by atoms with Crippen LogP contribution in [-0.2, 0) is 9.53 Å². The quantitative estimate of drug-likeness (QED) is 0.461. The average Bonchev–Trinajstić information content (AvgIpc) is 3.48. The second kappa shape index (κ2) is 10.4. The van der Waals surface area contributed by atoms with Crippen molar-refractivity contribution in [2.45, 2.75) is 39.7 Å². The molecule has 0 amide bonds. The van der Waals surface area contributed by atoms with E-state index < -0.39 is 12.0 Å². The maximum absolute atomic E-state index is 13.7. The SMILES string of the molecule is CCOC(=O)C1=C(C)N=c2s/c(=C/c3ccc(N4CCC(C)CC4)o3)c(=O)n2[C@@H]1c1ccc(OC)cc1.